The van der Waals surface area contributed by atoms with Crippen LogP contribution in [0.5, 0.6) is 0 Å². The number of amides is 1. The highest BCUT2D eigenvalue weighted by atomic mass is 35.5. The first-order valence-corrected chi connectivity index (χ1v) is 8.88. The fraction of sp³-hybridized carbons (Fsp3) is 0.167. The molecule has 0 bridgehead atoms. The van der Waals surface area contributed by atoms with Gasteiger partial charge in [0.25, 0.3) is 5.91 Å². The van der Waals surface area contributed by atoms with Gasteiger partial charge in [0.2, 0.25) is 0 Å². The van der Waals surface area contributed by atoms with Crippen molar-refractivity contribution in [2.75, 3.05) is 0 Å². The lowest BCUT2D eigenvalue weighted by Crippen LogP contribution is -2.29. The molecular weight excluding hydrogens is 435 g/mol. The summed E-state index contributed by atoms with van der Waals surface area (Å²) >= 11 is 11.9. The summed E-state index contributed by atoms with van der Waals surface area (Å²) in [5.74, 6) is -1.87. The summed E-state index contributed by atoms with van der Waals surface area (Å²) < 4.78 is 54.7. The second-order valence-corrected chi connectivity index (χ2v) is 6.88. The van der Waals surface area contributed by atoms with Gasteiger partial charge in [-0.15, -0.1) is 5.10 Å². The largest absolute Gasteiger partial charge is 0.435 e. The van der Waals surface area contributed by atoms with E-state index in [0.717, 1.165) is 12.1 Å². The normalized spacial score (nSPS) is 12.7. The van der Waals surface area contributed by atoms with Crippen molar-refractivity contribution in [1.82, 2.24) is 20.3 Å². The average Bonchev–Trinajstić information content (AvgIpc) is 3.07. The molecule has 0 spiro atoms. The van der Waals surface area contributed by atoms with Crippen LogP contribution in [0.1, 0.15) is 34.7 Å². The van der Waals surface area contributed by atoms with Gasteiger partial charge in [0, 0.05) is 10.0 Å². The lowest BCUT2D eigenvalue weighted by atomic mass is 10.1. The van der Waals surface area contributed by atoms with Crippen LogP contribution in [-0.2, 0) is 6.18 Å². The third-order valence-electron chi connectivity index (χ3n) is 3.98. The number of carbonyl (C=O) groups is 1. The zero-order valence-corrected chi connectivity index (χ0v) is 16.1. The van der Waals surface area contributed by atoms with Crippen molar-refractivity contribution in [3.63, 3.8) is 0 Å². The third kappa shape index (κ3) is 4.51. The number of nitrogens with one attached hydrogen (secondary N) is 1. The van der Waals surface area contributed by atoms with E-state index in [9.17, 15) is 22.4 Å². The van der Waals surface area contributed by atoms with Gasteiger partial charge in [0.15, 0.2) is 11.4 Å². The highest BCUT2D eigenvalue weighted by Crippen LogP contribution is 2.33. The number of rotatable bonds is 4. The minimum atomic E-state index is -4.97. The van der Waals surface area contributed by atoms with Crippen molar-refractivity contribution in [1.29, 1.82) is 0 Å². The van der Waals surface area contributed by atoms with E-state index in [-0.39, 0.29) is 10.7 Å². The molecule has 29 heavy (non-hydrogen) atoms. The van der Waals surface area contributed by atoms with Crippen LogP contribution in [-0.4, -0.2) is 20.9 Å². The number of nitrogens with zero attached hydrogens (tertiary/aromatic N) is 3. The Labute approximate surface area is 172 Å². The Hall–Kier alpha value is -2.65. The predicted octanol–water partition coefficient (Wildman–Crippen LogP) is 5.22. The van der Waals surface area contributed by atoms with Gasteiger partial charge in [0.05, 0.1) is 11.7 Å². The van der Waals surface area contributed by atoms with Gasteiger partial charge in [0.1, 0.15) is 5.82 Å². The molecule has 1 aromatic heterocycles. The Morgan fingerprint density at radius 3 is 2.52 bits per heavy atom. The standard InChI is InChI=1S/C18H12Cl2F4N4O/c1-9(13-6-5-10(19)7-14(13)20)25-17(29)15-16(18(22,23)24)28(27-26-15)12-4-2-3-11(21)8-12/h2-9H,1H3,(H,25,29). The van der Waals surface area contributed by atoms with Gasteiger partial charge in [-0.2, -0.15) is 13.2 Å². The van der Waals surface area contributed by atoms with Crippen molar-refractivity contribution in [3.8, 4) is 5.69 Å². The van der Waals surface area contributed by atoms with Gasteiger partial charge < -0.3 is 5.32 Å². The van der Waals surface area contributed by atoms with Crippen LogP contribution in [0.2, 0.25) is 10.0 Å². The van der Waals surface area contributed by atoms with Gasteiger partial charge >= 0.3 is 6.18 Å². The van der Waals surface area contributed by atoms with E-state index < -0.39 is 35.3 Å². The molecule has 1 N–H and O–H groups in total. The lowest BCUT2D eigenvalue weighted by molar-refractivity contribution is -0.143. The molecule has 0 saturated heterocycles. The molecule has 2 aromatic carbocycles. The van der Waals surface area contributed by atoms with Gasteiger partial charge in [-0.25, -0.2) is 9.07 Å². The molecule has 3 aromatic rings. The molecule has 152 valence electrons. The maximum absolute atomic E-state index is 13.6. The smallest absolute Gasteiger partial charge is 0.344 e. The molecule has 11 heteroatoms. The quantitative estimate of drug-likeness (QED) is 0.558. The summed E-state index contributed by atoms with van der Waals surface area (Å²) in [6.07, 6.45) is -4.97. The van der Waals surface area contributed by atoms with Crippen molar-refractivity contribution in [2.24, 2.45) is 0 Å². The molecule has 5 nitrogen and oxygen atoms in total. The van der Waals surface area contributed by atoms with E-state index in [0.29, 0.717) is 15.3 Å². The zero-order chi connectivity index (χ0) is 21.3. The number of alkyl halides is 3. The molecular formula is C18H12Cl2F4N4O. The summed E-state index contributed by atoms with van der Waals surface area (Å²) in [6, 6.07) is 8.13. The highest BCUT2D eigenvalue weighted by molar-refractivity contribution is 6.35. The maximum Gasteiger partial charge on any atom is 0.435 e. The molecule has 0 radical (unpaired) electrons. The Bertz CT molecular complexity index is 1070. The number of halogens is 6. The number of hydrogen-bond donors (Lipinski definition) is 1. The zero-order valence-electron chi connectivity index (χ0n) is 14.6. The topological polar surface area (TPSA) is 59.8 Å². The summed E-state index contributed by atoms with van der Waals surface area (Å²) in [5, 5.41) is 9.79. The fourth-order valence-electron chi connectivity index (χ4n) is 2.67. The summed E-state index contributed by atoms with van der Waals surface area (Å²) in [7, 11) is 0. The molecule has 0 aliphatic rings. The van der Waals surface area contributed by atoms with E-state index in [1.807, 2.05) is 0 Å². The predicted molar refractivity (Wildman–Crippen MR) is 98.7 cm³/mol. The first kappa shape index (κ1) is 21.1. The Morgan fingerprint density at radius 1 is 1.17 bits per heavy atom. The Morgan fingerprint density at radius 2 is 1.90 bits per heavy atom. The molecule has 1 unspecified atom stereocenters. The van der Waals surface area contributed by atoms with E-state index in [4.69, 9.17) is 23.2 Å². The molecule has 0 fully saturated rings. The van der Waals surface area contributed by atoms with Crippen LogP contribution in [0, 0.1) is 5.82 Å². The SMILES string of the molecule is CC(NC(=O)c1nnn(-c2cccc(F)c2)c1C(F)(F)F)c1ccc(Cl)cc1Cl. The summed E-state index contributed by atoms with van der Waals surface area (Å²) in [4.78, 5) is 12.5. The Kier molecular flexibility index (Phi) is 5.81. The summed E-state index contributed by atoms with van der Waals surface area (Å²) in [5.41, 5.74) is -2.14. The first-order valence-electron chi connectivity index (χ1n) is 8.12. The van der Waals surface area contributed by atoms with Crippen molar-refractivity contribution in [2.45, 2.75) is 19.1 Å². The minimum absolute atomic E-state index is 0.224. The van der Waals surface area contributed by atoms with E-state index >= 15 is 0 Å². The van der Waals surface area contributed by atoms with Crippen LogP contribution < -0.4 is 5.32 Å². The second-order valence-electron chi connectivity index (χ2n) is 6.04. The summed E-state index contributed by atoms with van der Waals surface area (Å²) in [6.45, 7) is 1.54. The average molecular weight is 447 g/mol. The monoisotopic (exact) mass is 446 g/mol. The molecule has 1 atom stereocenters. The fourth-order valence-corrected chi connectivity index (χ4v) is 3.25. The van der Waals surface area contributed by atoms with Crippen molar-refractivity contribution in [3.05, 3.63) is 75.3 Å². The number of aromatic nitrogens is 3. The van der Waals surface area contributed by atoms with Crippen molar-refractivity contribution >= 4 is 29.1 Å². The molecule has 1 heterocycles. The van der Waals surface area contributed by atoms with E-state index in [1.165, 1.54) is 31.2 Å². The van der Waals surface area contributed by atoms with Crippen LogP contribution in [0.25, 0.3) is 5.69 Å². The molecule has 1 amide bonds. The van der Waals surface area contributed by atoms with Gasteiger partial charge in [-0.05, 0) is 42.8 Å². The van der Waals surface area contributed by atoms with Gasteiger partial charge in [-0.3, -0.25) is 4.79 Å². The van der Waals surface area contributed by atoms with E-state index in [1.54, 1.807) is 6.07 Å². The van der Waals surface area contributed by atoms with Crippen molar-refractivity contribution < 1.29 is 22.4 Å². The van der Waals surface area contributed by atoms with Gasteiger partial charge in [-0.1, -0.05) is 40.5 Å². The highest BCUT2D eigenvalue weighted by Gasteiger charge is 2.42. The number of benzene rings is 2. The van der Waals surface area contributed by atoms with E-state index in [2.05, 4.69) is 15.6 Å². The van der Waals surface area contributed by atoms with Crippen LogP contribution in [0.4, 0.5) is 17.6 Å². The Balaban J connectivity index is 1.97. The van der Waals surface area contributed by atoms with Crippen LogP contribution in [0.3, 0.4) is 0 Å². The lowest BCUT2D eigenvalue weighted by Gasteiger charge is -2.16. The molecule has 0 aliphatic heterocycles. The molecule has 0 saturated carbocycles. The maximum atomic E-state index is 13.6. The first-order chi connectivity index (χ1) is 13.6. The molecule has 3 rings (SSSR count). The third-order valence-corrected chi connectivity index (χ3v) is 4.55. The second kappa shape index (κ2) is 8.00. The number of carbonyl (C=O) groups excluding carboxylic acids is 1. The van der Waals surface area contributed by atoms with Crippen LogP contribution in [0.15, 0.2) is 42.5 Å². The number of hydrogen-bond acceptors (Lipinski definition) is 3. The molecule has 0 aliphatic carbocycles. The minimum Gasteiger partial charge on any atom is -0.344 e. The van der Waals surface area contributed by atoms with Crippen LogP contribution >= 0.6 is 23.2 Å².